The number of rotatable bonds is 4. The van der Waals surface area contributed by atoms with Gasteiger partial charge in [0.05, 0.1) is 11.1 Å². The Bertz CT molecular complexity index is 824. The number of hydrogen-bond donors (Lipinski definition) is 0. The Morgan fingerprint density at radius 2 is 1.50 bits per heavy atom. The van der Waals surface area contributed by atoms with Gasteiger partial charge in [-0.2, -0.15) is 17.0 Å². The highest BCUT2D eigenvalue weighted by molar-refractivity contribution is 7.86. The van der Waals surface area contributed by atoms with Crippen LogP contribution < -0.4 is 0 Å². The van der Waals surface area contributed by atoms with Crippen molar-refractivity contribution in [3.05, 3.63) is 35.4 Å². The highest BCUT2D eigenvalue weighted by atomic mass is 32.2. The van der Waals surface area contributed by atoms with E-state index in [9.17, 15) is 22.8 Å². The summed E-state index contributed by atoms with van der Waals surface area (Å²) in [6.45, 7) is 0.444. The van der Waals surface area contributed by atoms with Crippen molar-refractivity contribution in [1.82, 2.24) is 18.4 Å². The maximum Gasteiger partial charge on any atom is 0.281 e. The molecule has 0 bridgehead atoms. The first-order valence-electron chi connectivity index (χ1n) is 8.14. The van der Waals surface area contributed by atoms with Gasteiger partial charge in [-0.25, -0.2) is 0 Å². The minimum Gasteiger partial charge on any atom is -0.338 e. The third-order valence-corrected chi connectivity index (χ3v) is 6.49. The molecule has 0 saturated carbocycles. The number of amides is 3. The fourth-order valence-corrected chi connectivity index (χ4v) is 4.10. The molecule has 0 aromatic heterocycles. The summed E-state index contributed by atoms with van der Waals surface area (Å²) in [5.74, 6) is -1.33. The zero-order chi connectivity index (χ0) is 19.1. The molecule has 10 heteroatoms. The molecular weight excluding hydrogens is 360 g/mol. The van der Waals surface area contributed by atoms with Gasteiger partial charge in [0.2, 0.25) is 5.91 Å². The summed E-state index contributed by atoms with van der Waals surface area (Å²) in [5.41, 5.74) is 0.597. The standard InChI is InChI=1S/C16H20N4O5S/c1-17(2)26(24,25)19-9-7-18(8-10-19)14(21)11-20-15(22)12-5-3-4-6-13(12)16(20)23/h3-6H,7-11H2,1-2H3. The van der Waals surface area contributed by atoms with Crippen molar-refractivity contribution in [3.8, 4) is 0 Å². The van der Waals surface area contributed by atoms with E-state index >= 15 is 0 Å². The Kier molecular flexibility index (Phi) is 4.82. The van der Waals surface area contributed by atoms with Crippen molar-refractivity contribution in [2.24, 2.45) is 0 Å². The van der Waals surface area contributed by atoms with Crippen molar-refractivity contribution >= 4 is 27.9 Å². The summed E-state index contributed by atoms with van der Waals surface area (Å²) in [6, 6.07) is 6.45. The average Bonchev–Trinajstić information content (AvgIpc) is 2.87. The number of fused-ring (bicyclic) bond motifs is 1. The average molecular weight is 380 g/mol. The lowest BCUT2D eigenvalue weighted by Crippen LogP contribution is -2.54. The minimum absolute atomic E-state index is 0.175. The molecule has 1 aromatic carbocycles. The molecule has 3 amide bonds. The van der Waals surface area contributed by atoms with Crippen LogP contribution in [0.5, 0.6) is 0 Å². The number of benzene rings is 1. The summed E-state index contributed by atoms with van der Waals surface area (Å²) in [6.07, 6.45) is 0. The number of carbonyl (C=O) groups is 3. The highest BCUT2D eigenvalue weighted by Crippen LogP contribution is 2.22. The SMILES string of the molecule is CN(C)S(=O)(=O)N1CCN(C(=O)CN2C(=O)c3ccccc3C2=O)CC1. The molecular formula is C16H20N4O5S. The second kappa shape index (κ2) is 6.78. The van der Waals surface area contributed by atoms with Crippen LogP contribution in [0.2, 0.25) is 0 Å². The van der Waals surface area contributed by atoms with Gasteiger partial charge in [-0.15, -0.1) is 0 Å². The van der Waals surface area contributed by atoms with E-state index in [4.69, 9.17) is 0 Å². The van der Waals surface area contributed by atoms with E-state index < -0.39 is 22.0 Å². The smallest absolute Gasteiger partial charge is 0.281 e. The molecule has 2 aliphatic rings. The Morgan fingerprint density at radius 3 is 1.96 bits per heavy atom. The van der Waals surface area contributed by atoms with Crippen molar-refractivity contribution in [3.63, 3.8) is 0 Å². The third kappa shape index (κ3) is 3.11. The first-order chi connectivity index (χ1) is 12.2. The Morgan fingerprint density at radius 1 is 1.00 bits per heavy atom. The first kappa shape index (κ1) is 18.5. The van der Waals surface area contributed by atoms with Gasteiger partial charge in [-0.1, -0.05) is 12.1 Å². The molecule has 0 N–H and O–H groups in total. The van der Waals surface area contributed by atoms with Gasteiger partial charge in [0.15, 0.2) is 0 Å². The monoisotopic (exact) mass is 380 g/mol. The molecule has 2 aliphatic heterocycles. The molecule has 3 rings (SSSR count). The Balaban J connectivity index is 1.63. The second-order valence-electron chi connectivity index (χ2n) is 6.31. The van der Waals surface area contributed by atoms with Crippen molar-refractivity contribution in [1.29, 1.82) is 0 Å². The van der Waals surface area contributed by atoms with Crippen LogP contribution in [0, 0.1) is 0 Å². The molecule has 0 aliphatic carbocycles. The van der Waals surface area contributed by atoms with E-state index in [0.29, 0.717) is 11.1 Å². The molecule has 1 saturated heterocycles. The van der Waals surface area contributed by atoms with Gasteiger partial charge >= 0.3 is 0 Å². The van der Waals surface area contributed by atoms with Crippen LogP contribution in [-0.2, 0) is 15.0 Å². The van der Waals surface area contributed by atoms with Gasteiger partial charge in [0, 0.05) is 40.3 Å². The van der Waals surface area contributed by atoms with Gasteiger partial charge in [-0.3, -0.25) is 19.3 Å². The molecule has 0 unspecified atom stereocenters. The quantitative estimate of drug-likeness (QED) is 0.639. The maximum atomic E-state index is 12.5. The van der Waals surface area contributed by atoms with Crippen LogP contribution in [0.4, 0.5) is 0 Å². The Labute approximate surface area is 151 Å². The summed E-state index contributed by atoms with van der Waals surface area (Å²) in [5, 5.41) is 0. The fourth-order valence-electron chi connectivity index (χ4n) is 3.02. The number of piperazine rings is 1. The topological polar surface area (TPSA) is 98.3 Å². The first-order valence-corrected chi connectivity index (χ1v) is 9.54. The normalized spacial score (nSPS) is 18.6. The van der Waals surface area contributed by atoms with Crippen molar-refractivity contribution < 1.29 is 22.8 Å². The van der Waals surface area contributed by atoms with Crippen LogP contribution in [0.15, 0.2) is 24.3 Å². The predicted molar refractivity (Wildman–Crippen MR) is 92.6 cm³/mol. The van der Waals surface area contributed by atoms with E-state index in [0.717, 1.165) is 9.21 Å². The molecule has 2 heterocycles. The van der Waals surface area contributed by atoms with E-state index in [2.05, 4.69) is 0 Å². The number of imide groups is 1. The fraction of sp³-hybridized carbons (Fsp3) is 0.438. The number of carbonyl (C=O) groups excluding carboxylic acids is 3. The summed E-state index contributed by atoms with van der Waals surface area (Å²) >= 11 is 0. The lowest BCUT2D eigenvalue weighted by Gasteiger charge is -2.35. The van der Waals surface area contributed by atoms with Gasteiger partial charge in [-0.05, 0) is 12.1 Å². The van der Waals surface area contributed by atoms with Crippen LogP contribution in [0.1, 0.15) is 20.7 Å². The molecule has 0 atom stereocenters. The van der Waals surface area contributed by atoms with Crippen LogP contribution in [0.25, 0.3) is 0 Å². The largest absolute Gasteiger partial charge is 0.338 e. The van der Waals surface area contributed by atoms with Crippen LogP contribution in [-0.4, -0.2) is 91.4 Å². The lowest BCUT2D eigenvalue weighted by molar-refractivity contribution is -0.132. The van der Waals surface area contributed by atoms with Gasteiger partial charge in [0.25, 0.3) is 22.0 Å². The summed E-state index contributed by atoms with van der Waals surface area (Å²) < 4.78 is 26.6. The molecule has 9 nitrogen and oxygen atoms in total. The molecule has 1 fully saturated rings. The molecule has 0 spiro atoms. The van der Waals surface area contributed by atoms with Gasteiger partial charge in [0.1, 0.15) is 6.54 Å². The van der Waals surface area contributed by atoms with E-state index in [1.165, 1.54) is 23.3 Å². The highest BCUT2D eigenvalue weighted by Gasteiger charge is 2.38. The minimum atomic E-state index is -3.52. The van der Waals surface area contributed by atoms with E-state index in [-0.39, 0.29) is 38.6 Å². The van der Waals surface area contributed by atoms with Crippen LogP contribution >= 0.6 is 0 Å². The summed E-state index contributed by atoms with van der Waals surface area (Å²) in [4.78, 5) is 39.6. The van der Waals surface area contributed by atoms with Gasteiger partial charge < -0.3 is 4.90 Å². The maximum absolute atomic E-state index is 12.5. The zero-order valence-electron chi connectivity index (χ0n) is 14.6. The summed E-state index contributed by atoms with van der Waals surface area (Å²) in [7, 11) is -0.608. The molecule has 0 radical (unpaired) electrons. The van der Waals surface area contributed by atoms with Crippen molar-refractivity contribution in [2.45, 2.75) is 0 Å². The third-order valence-electron chi connectivity index (χ3n) is 4.55. The predicted octanol–water partition coefficient (Wildman–Crippen LogP) is -0.767. The second-order valence-corrected chi connectivity index (χ2v) is 8.45. The zero-order valence-corrected chi connectivity index (χ0v) is 15.4. The molecule has 26 heavy (non-hydrogen) atoms. The Hall–Kier alpha value is -2.30. The van der Waals surface area contributed by atoms with E-state index in [1.54, 1.807) is 24.3 Å². The number of nitrogens with zero attached hydrogens (tertiary/aromatic N) is 4. The lowest BCUT2D eigenvalue weighted by atomic mass is 10.1. The van der Waals surface area contributed by atoms with E-state index in [1.807, 2.05) is 0 Å². The number of hydrogen-bond acceptors (Lipinski definition) is 5. The molecule has 1 aromatic rings. The molecule has 140 valence electrons. The van der Waals surface area contributed by atoms with Crippen LogP contribution in [0.3, 0.4) is 0 Å². The van der Waals surface area contributed by atoms with Crippen molar-refractivity contribution in [2.75, 3.05) is 46.8 Å².